The van der Waals surface area contributed by atoms with E-state index in [4.69, 9.17) is 9.84 Å². The van der Waals surface area contributed by atoms with Gasteiger partial charge in [-0.2, -0.15) is 0 Å². The van der Waals surface area contributed by atoms with Crippen molar-refractivity contribution in [3.05, 3.63) is 29.1 Å². The number of ether oxygens (including phenoxy) is 1. The van der Waals surface area contributed by atoms with Crippen molar-refractivity contribution in [3.63, 3.8) is 0 Å². The maximum absolute atomic E-state index is 11.0. The lowest BCUT2D eigenvalue weighted by atomic mass is 10.1. The maximum Gasteiger partial charge on any atom is 0.336 e. The van der Waals surface area contributed by atoms with Crippen molar-refractivity contribution in [2.45, 2.75) is 13.3 Å². The van der Waals surface area contributed by atoms with Gasteiger partial charge in [-0.3, -0.25) is 9.88 Å². The largest absolute Gasteiger partial charge is 0.478 e. The monoisotopic (exact) mass is 250 g/mol. The van der Waals surface area contributed by atoms with E-state index in [1.807, 2.05) is 0 Å². The zero-order chi connectivity index (χ0) is 13.0. The average Bonchev–Trinajstić information content (AvgIpc) is 2.38. The van der Waals surface area contributed by atoms with E-state index in [-0.39, 0.29) is 0 Å². The number of aromatic nitrogens is 1. The molecule has 0 amide bonds. The Bertz CT molecular complexity index is 428. The Morgan fingerprint density at radius 2 is 2.22 bits per heavy atom. The summed E-state index contributed by atoms with van der Waals surface area (Å²) in [6.07, 6.45) is 2.42. The quantitative estimate of drug-likeness (QED) is 0.862. The number of nitrogens with zero attached hydrogens (tertiary/aromatic N) is 2. The molecule has 5 heteroatoms. The SMILES string of the molecule is Cc1cnc(CCN2CCOCC2)cc1C(=O)O. The summed E-state index contributed by atoms with van der Waals surface area (Å²) in [7, 11) is 0. The minimum absolute atomic E-state index is 0.349. The third-order valence-corrected chi connectivity index (χ3v) is 3.18. The number of aromatic carboxylic acids is 1. The molecular weight excluding hydrogens is 232 g/mol. The summed E-state index contributed by atoms with van der Waals surface area (Å²) in [5.74, 6) is -0.887. The van der Waals surface area contributed by atoms with Crippen LogP contribution in [0.25, 0.3) is 0 Å². The molecular formula is C13H18N2O3. The number of hydrogen-bond donors (Lipinski definition) is 1. The molecule has 0 atom stereocenters. The Kier molecular flexibility index (Phi) is 4.28. The standard InChI is InChI=1S/C13H18N2O3/c1-10-9-14-11(8-12(10)13(16)17)2-3-15-4-6-18-7-5-15/h8-9H,2-7H2,1H3,(H,16,17). The topological polar surface area (TPSA) is 62.7 Å². The van der Waals surface area contributed by atoms with Gasteiger partial charge < -0.3 is 9.84 Å². The number of carbonyl (C=O) groups is 1. The predicted octanol–water partition coefficient (Wildman–Crippen LogP) is 0.963. The van der Waals surface area contributed by atoms with Crippen LogP contribution in [0.1, 0.15) is 21.6 Å². The first kappa shape index (κ1) is 13.0. The fourth-order valence-electron chi connectivity index (χ4n) is 2.03. The lowest BCUT2D eigenvalue weighted by Crippen LogP contribution is -2.37. The highest BCUT2D eigenvalue weighted by atomic mass is 16.5. The van der Waals surface area contributed by atoms with Crippen molar-refractivity contribution in [1.29, 1.82) is 0 Å². The zero-order valence-electron chi connectivity index (χ0n) is 10.6. The van der Waals surface area contributed by atoms with Gasteiger partial charge in [0.15, 0.2) is 0 Å². The average molecular weight is 250 g/mol. The molecule has 1 aromatic heterocycles. The predicted molar refractivity (Wildman–Crippen MR) is 66.9 cm³/mol. The third-order valence-electron chi connectivity index (χ3n) is 3.18. The summed E-state index contributed by atoms with van der Waals surface area (Å²) in [6, 6.07) is 1.68. The molecule has 0 aromatic carbocycles. The molecule has 1 saturated heterocycles. The molecule has 0 radical (unpaired) electrons. The summed E-state index contributed by atoms with van der Waals surface area (Å²) in [6.45, 7) is 6.11. The van der Waals surface area contributed by atoms with Crippen LogP contribution < -0.4 is 0 Å². The molecule has 1 aliphatic rings. The number of hydrogen-bond acceptors (Lipinski definition) is 4. The van der Waals surface area contributed by atoms with Gasteiger partial charge in [-0.25, -0.2) is 4.79 Å². The normalized spacial score (nSPS) is 16.7. The Hall–Kier alpha value is -1.46. The van der Waals surface area contributed by atoms with Crippen LogP contribution in [0.2, 0.25) is 0 Å². The number of carboxylic acids is 1. The van der Waals surface area contributed by atoms with E-state index in [2.05, 4.69) is 9.88 Å². The minimum atomic E-state index is -0.887. The van der Waals surface area contributed by atoms with Crippen molar-refractivity contribution in [2.24, 2.45) is 0 Å². The van der Waals surface area contributed by atoms with Crippen LogP contribution in [-0.2, 0) is 11.2 Å². The lowest BCUT2D eigenvalue weighted by Gasteiger charge is -2.26. The van der Waals surface area contributed by atoms with Crippen LogP contribution in [0.4, 0.5) is 0 Å². The first-order valence-corrected chi connectivity index (χ1v) is 6.16. The highest BCUT2D eigenvalue weighted by Crippen LogP contribution is 2.09. The maximum atomic E-state index is 11.0. The van der Waals surface area contributed by atoms with E-state index in [1.54, 1.807) is 19.2 Å². The first-order chi connectivity index (χ1) is 8.66. The lowest BCUT2D eigenvalue weighted by molar-refractivity contribution is 0.0383. The van der Waals surface area contributed by atoms with Gasteiger partial charge in [-0.15, -0.1) is 0 Å². The van der Waals surface area contributed by atoms with Gasteiger partial charge in [-0.05, 0) is 18.6 Å². The second-order valence-corrected chi connectivity index (χ2v) is 4.50. The van der Waals surface area contributed by atoms with E-state index in [9.17, 15) is 4.79 Å². The molecule has 1 aromatic rings. The second-order valence-electron chi connectivity index (χ2n) is 4.50. The van der Waals surface area contributed by atoms with E-state index in [1.165, 1.54) is 0 Å². The van der Waals surface area contributed by atoms with Crippen LogP contribution in [-0.4, -0.2) is 53.8 Å². The van der Waals surface area contributed by atoms with Crippen LogP contribution in [0.15, 0.2) is 12.3 Å². The Morgan fingerprint density at radius 3 is 2.89 bits per heavy atom. The number of aryl methyl sites for hydroxylation is 1. The number of pyridine rings is 1. The first-order valence-electron chi connectivity index (χ1n) is 6.16. The summed E-state index contributed by atoms with van der Waals surface area (Å²) in [5.41, 5.74) is 1.89. The van der Waals surface area contributed by atoms with E-state index >= 15 is 0 Å². The number of morpholine rings is 1. The molecule has 1 N–H and O–H groups in total. The van der Waals surface area contributed by atoms with Crippen LogP contribution in [0, 0.1) is 6.92 Å². The van der Waals surface area contributed by atoms with E-state index < -0.39 is 5.97 Å². The van der Waals surface area contributed by atoms with Gasteiger partial charge >= 0.3 is 5.97 Å². The van der Waals surface area contributed by atoms with E-state index in [0.29, 0.717) is 11.1 Å². The van der Waals surface area contributed by atoms with Crippen LogP contribution >= 0.6 is 0 Å². The van der Waals surface area contributed by atoms with Gasteiger partial charge in [0, 0.05) is 37.9 Å². The molecule has 5 nitrogen and oxygen atoms in total. The molecule has 1 aliphatic heterocycles. The molecule has 1 fully saturated rings. The fourth-order valence-corrected chi connectivity index (χ4v) is 2.03. The molecule has 0 spiro atoms. The van der Waals surface area contributed by atoms with Crippen LogP contribution in [0.5, 0.6) is 0 Å². The fraction of sp³-hybridized carbons (Fsp3) is 0.538. The molecule has 2 rings (SSSR count). The van der Waals surface area contributed by atoms with E-state index in [0.717, 1.165) is 45.0 Å². The Balaban J connectivity index is 1.96. The highest BCUT2D eigenvalue weighted by Gasteiger charge is 2.12. The molecule has 18 heavy (non-hydrogen) atoms. The van der Waals surface area contributed by atoms with Gasteiger partial charge in [0.05, 0.1) is 18.8 Å². The molecule has 2 heterocycles. The van der Waals surface area contributed by atoms with Crippen LogP contribution in [0.3, 0.4) is 0 Å². The van der Waals surface area contributed by atoms with Crippen molar-refractivity contribution in [3.8, 4) is 0 Å². The summed E-state index contributed by atoms with van der Waals surface area (Å²) < 4.78 is 5.28. The van der Waals surface area contributed by atoms with Gasteiger partial charge in [-0.1, -0.05) is 0 Å². The zero-order valence-corrected chi connectivity index (χ0v) is 10.6. The second kappa shape index (κ2) is 5.93. The Morgan fingerprint density at radius 1 is 1.50 bits per heavy atom. The van der Waals surface area contributed by atoms with Crippen molar-refractivity contribution in [2.75, 3.05) is 32.8 Å². The summed E-state index contributed by atoms with van der Waals surface area (Å²) >= 11 is 0. The van der Waals surface area contributed by atoms with Crippen molar-refractivity contribution >= 4 is 5.97 Å². The summed E-state index contributed by atoms with van der Waals surface area (Å²) in [4.78, 5) is 17.6. The van der Waals surface area contributed by atoms with Gasteiger partial charge in [0.2, 0.25) is 0 Å². The minimum Gasteiger partial charge on any atom is -0.478 e. The number of carboxylic acid groups (broad SMARTS) is 1. The molecule has 98 valence electrons. The summed E-state index contributed by atoms with van der Waals surface area (Å²) in [5, 5.41) is 9.05. The molecule has 0 aliphatic carbocycles. The van der Waals surface area contributed by atoms with Gasteiger partial charge in [0.1, 0.15) is 0 Å². The third kappa shape index (κ3) is 3.27. The molecule has 0 unspecified atom stereocenters. The van der Waals surface area contributed by atoms with Crippen molar-refractivity contribution in [1.82, 2.24) is 9.88 Å². The smallest absolute Gasteiger partial charge is 0.336 e. The number of rotatable bonds is 4. The van der Waals surface area contributed by atoms with Gasteiger partial charge in [0.25, 0.3) is 0 Å². The molecule has 0 saturated carbocycles. The Labute approximate surface area is 106 Å². The molecule has 0 bridgehead atoms. The van der Waals surface area contributed by atoms with Crippen molar-refractivity contribution < 1.29 is 14.6 Å². The highest BCUT2D eigenvalue weighted by molar-refractivity contribution is 5.89.